The van der Waals surface area contributed by atoms with Gasteiger partial charge in [-0.25, -0.2) is 9.37 Å². The van der Waals surface area contributed by atoms with Crippen molar-refractivity contribution in [1.82, 2.24) is 14.8 Å². The molecule has 4 rings (SSSR count). The molecule has 0 saturated carbocycles. The Morgan fingerprint density at radius 1 is 1.12 bits per heavy atom. The first-order valence-electron chi connectivity index (χ1n) is 11.5. The van der Waals surface area contributed by atoms with Gasteiger partial charge in [0, 0.05) is 12.7 Å². The molecule has 2 N–H and O–H groups in total. The van der Waals surface area contributed by atoms with E-state index in [0.717, 1.165) is 50.3 Å². The summed E-state index contributed by atoms with van der Waals surface area (Å²) in [7, 11) is 0. The summed E-state index contributed by atoms with van der Waals surface area (Å²) in [5.41, 5.74) is 6.80. The van der Waals surface area contributed by atoms with E-state index in [1.54, 1.807) is 17.0 Å². The summed E-state index contributed by atoms with van der Waals surface area (Å²) in [6, 6.07) is 10.1. The Bertz CT molecular complexity index is 967. The predicted molar refractivity (Wildman–Crippen MR) is 125 cm³/mol. The zero-order valence-electron chi connectivity index (χ0n) is 18.9. The second-order valence-electron chi connectivity index (χ2n) is 8.82. The molecule has 170 valence electrons. The number of aromatic nitrogens is 1. The molecule has 0 spiro atoms. The van der Waals surface area contributed by atoms with Gasteiger partial charge in [-0.1, -0.05) is 25.1 Å². The Kier molecular flexibility index (Phi) is 6.55. The number of rotatable bonds is 7. The first kappa shape index (κ1) is 22.4. The fourth-order valence-corrected chi connectivity index (χ4v) is 4.97. The quantitative estimate of drug-likeness (QED) is 0.712. The number of anilines is 1. The zero-order valence-corrected chi connectivity index (χ0v) is 18.9. The maximum Gasteiger partial charge on any atom is 0.260 e. The van der Waals surface area contributed by atoms with Gasteiger partial charge in [-0.15, -0.1) is 0 Å². The average Bonchev–Trinajstić information content (AvgIpc) is 3.06. The third-order valence-electron chi connectivity index (χ3n) is 6.90. The van der Waals surface area contributed by atoms with Crippen molar-refractivity contribution in [3.63, 3.8) is 0 Å². The van der Waals surface area contributed by atoms with Gasteiger partial charge in [0.1, 0.15) is 17.5 Å². The van der Waals surface area contributed by atoms with Crippen molar-refractivity contribution in [2.24, 2.45) is 4.99 Å². The normalized spacial score (nSPS) is 22.4. The molecular formula is C25H32FN5O. The topological polar surface area (TPSA) is 74.8 Å². The number of halogens is 1. The molecule has 2 aromatic rings. The predicted octanol–water partition coefficient (Wildman–Crippen LogP) is 3.94. The monoisotopic (exact) mass is 437 g/mol. The van der Waals surface area contributed by atoms with Crippen LogP contribution >= 0.6 is 0 Å². The second kappa shape index (κ2) is 9.36. The fourth-order valence-electron chi connectivity index (χ4n) is 4.97. The number of nitrogen functional groups attached to an aromatic ring is 1. The number of pyridine rings is 1. The molecule has 2 aliphatic heterocycles. The molecule has 3 heterocycles. The van der Waals surface area contributed by atoms with Crippen molar-refractivity contribution in [2.45, 2.75) is 51.0 Å². The molecule has 1 aromatic carbocycles. The number of carbonyl (C=O) groups excluding carboxylic acids is 1. The minimum absolute atomic E-state index is 0.00123. The number of hydrogen-bond donors (Lipinski definition) is 1. The maximum atomic E-state index is 13.4. The second-order valence-corrected chi connectivity index (χ2v) is 8.82. The van der Waals surface area contributed by atoms with Crippen LogP contribution in [0, 0.1) is 5.82 Å². The Hall–Kier alpha value is -2.80. The lowest BCUT2D eigenvalue weighted by Gasteiger charge is -2.32. The van der Waals surface area contributed by atoms with Crippen LogP contribution in [0.15, 0.2) is 47.6 Å². The highest BCUT2D eigenvalue weighted by Crippen LogP contribution is 2.37. The zero-order chi connectivity index (χ0) is 22.7. The lowest BCUT2D eigenvalue weighted by Crippen LogP contribution is -2.42. The molecule has 1 aromatic heterocycles. The summed E-state index contributed by atoms with van der Waals surface area (Å²) >= 11 is 0. The molecule has 6 nitrogen and oxygen atoms in total. The molecule has 0 unspecified atom stereocenters. The first-order valence-corrected chi connectivity index (χ1v) is 11.5. The number of nitrogens with zero attached hydrogens (tertiary/aromatic N) is 4. The Morgan fingerprint density at radius 3 is 2.47 bits per heavy atom. The van der Waals surface area contributed by atoms with Crippen LogP contribution < -0.4 is 5.73 Å². The standard InChI is InChI=1S/C25H32FN5O/c1-3-25(21-6-8-22(26)9-7-21)24(32)31(18(2)29-25)14-4-13-30-15-11-19(12-16-30)20-5-10-23(27)28-17-20/h5-10,17,19H,3-4,11-16H2,1-2H3,(H2,27,28)/t25-/m1/s1. The number of nitrogens with two attached hydrogens (primary N) is 1. The fraction of sp³-hybridized carbons (Fsp3) is 0.480. The van der Waals surface area contributed by atoms with Gasteiger partial charge in [0.25, 0.3) is 5.91 Å². The van der Waals surface area contributed by atoms with Crippen LogP contribution in [-0.4, -0.2) is 52.7 Å². The minimum atomic E-state index is -0.927. The van der Waals surface area contributed by atoms with Crippen LogP contribution in [0.1, 0.15) is 56.6 Å². The van der Waals surface area contributed by atoms with E-state index in [0.29, 0.717) is 24.7 Å². The van der Waals surface area contributed by atoms with Crippen LogP contribution in [0.25, 0.3) is 0 Å². The third kappa shape index (κ3) is 4.39. The summed E-state index contributed by atoms with van der Waals surface area (Å²) in [6.45, 7) is 7.56. The van der Waals surface area contributed by atoms with Crippen molar-refractivity contribution < 1.29 is 9.18 Å². The summed E-state index contributed by atoms with van der Waals surface area (Å²) < 4.78 is 13.4. The van der Waals surface area contributed by atoms with Crippen LogP contribution in [0.4, 0.5) is 10.2 Å². The number of aliphatic imine (C=N–C) groups is 1. The van der Waals surface area contributed by atoms with Crippen LogP contribution in [-0.2, 0) is 10.3 Å². The number of benzene rings is 1. The number of likely N-dealkylation sites (tertiary alicyclic amines) is 1. The van der Waals surface area contributed by atoms with E-state index in [2.05, 4.69) is 16.0 Å². The van der Waals surface area contributed by atoms with Crippen molar-refractivity contribution in [3.05, 3.63) is 59.5 Å². The molecule has 1 saturated heterocycles. The molecule has 1 amide bonds. The van der Waals surface area contributed by atoms with Crippen molar-refractivity contribution in [2.75, 3.05) is 31.9 Å². The van der Waals surface area contributed by atoms with Gasteiger partial charge in [-0.05, 0) is 87.5 Å². The van der Waals surface area contributed by atoms with Gasteiger partial charge >= 0.3 is 0 Å². The Labute approximate surface area is 189 Å². The first-order chi connectivity index (χ1) is 15.4. The highest BCUT2D eigenvalue weighted by Gasteiger charge is 2.46. The smallest absolute Gasteiger partial charge is 0.260 e. The highest BCUT2D eigenvalue weighted by molar-refractivity contribution is 6.07. The Balaban J connectivity index is 1.30. The lowest BCUT2D eigenvalue weighted by molar-refractivity contribution is -0.131. The van der Waals surface area contributed by atoms with Crippen molar-refractivity contribution in [1.29, 1.82) is 0 Å². The molecule has 0 aliphatic carbocycles. The number of hydrogen-bond acceptors (Lipinski definition) is 5. The van der Waals surface area contributed by atoms with Gasteiger partial charge in [0.2, 0.25) is 0 Å². The number of amides is 1. The number of carbonyl (C=O) groups is 1. The Morgan fingerprint density at radius 2 is 1.84 bits per heavy atom. The molecule has 1 atom stereocenters. The van der Waals surface area contributed by atoms with Crippen molar-refractivity contribution in [3.8, 4) is 0 Å². The summed E-state index contributed by atoms with van der Waals surface area (Å²) in [5.74, 6) is 1.54. The SMILES string of the molecule is CC[C@]1(c2ccc(F)cc2)N=C(C)N(CCCN2CCC(c3ccc(N)nc3)CC2)C1=O. The molecule has 0 radical (unpaired) electrons. The molecule has 32 heavy (non-hydrogen) atoms. The van der Waals surface area contributed by atoms with Crippen molar-refractivity contribution >= 4 is 17.6 Å². The average molecular weight is 438 g/mol. The molecule has 0 bridgehead atoms. The van der Waals surface area contributed by atoms with E-state index in [1.165, 1.54) is 17.7 Å². The summed E-state index contributed by atoms with van der Waals surface area (Å²) in [4.78, 5) is 26.6. The van der Waals surface area contributed by atoms with Crippen LogP contribution in [0.2, 0.25) is 0 Å². The highest BCUT2D eigenvalue weighted by atomic mass is 19.1. The van der Waals surface area contributed by atoms with E-state index in [4.69, 9.17) is 10.7 Å². The van der Waals surface area contributed by atoms with Crippen LogP contribution in [0.3, 0.4) is 0 Å². The van der Waals surface area contributed by atoms with Crippen LogP contribution in [0.5, 0.6) is 0 Å². The van der Waals surface area contributed by atoms with Gasteiger partial charge in [-0.3, -0.25) is 14.7 Å². The third-order valence-corrected chi connectivity index (χ3v) is 6.90. The van der Waals surface area contributed by atoms with E-state index in [9.17, 15) is 9.18 Å². The van der Waals surface area contributed by atoms with Gasteiger partial charge in [0.15, 0.2) is 5.54 Å². The summed E-state index contributed by atoms with van der Waals surface area (Å²) in [5, 5.41) is 0. The van der Waals surface area contributed by atoms with Gasteiger partial charge in [0.05, 0.1) is 0 Å². The maximum absolute atomic E-state index is 13.4. The summed E-state index contributed by atoms with van der Waals surface area (Å²) in [6.07, 6.45) is 5.57. The van der Waals surface area contributed by atoms with E-state index in [1.807, 2.05) is 26.1 Å². The number of amidine groups is 1. The van der Waals surface area contributed by atoms with Gasteiger partial charge < -0.3 is 10.6 Å². The van der Waals surface area contributed by atoms with Gasteiger partial charge in [-0.2, -0.15) is 0 Å². The van der Waals surface area contributed by atoms with E-state index in [-0.39, 0.29) is 11.7 Å². The molecule has 1 fully saturated rings. The minimum Gasteiger partial charge on any atom is -0.384 e. The largest absolute Gasteiger partial charge is 0.384 e. The van der Waals surface area contributed by atoms with E-state index < -0.39 is 5.54 Å². The number of piperidine rings is 1. The van der Waals surface area contributed by atoms with E-state index >= 15 is 0 Å². The molecule has 2 aliphatic rings. The lowest BCUT2D eigenvalue weighted by atomic mass is 9.87. The molecule has 7 heteroatoms. The molecular weight excluding hydrogens is 405 g/mol.